The van der Waals surface area contributed by atoms with E-state index in [1.54, 1.807) is 13.3 Å². The lowest BCUT2D eigenvalue weighted by Gasteiger charge is -2.15. The highest BCUT2D eigenvalue weighted by Crippen LogP contribution is 2.25. The first-order valence-electron chi connectivity index (χ1n) is 4.68. The van der Waals surface area contributed by atoms with E-state index in [9.17, 15) is 4.79 Å². The molecule has 1 rings (SSSR count). The summed E-state index contributed by atoms with van der Waals surface area (Å²) in [6.07, 6.45) is 3.19. The van der Waals surface area contributed by atoms with Crippen molar-refractivity contribution < 1.29 is 14.3 Å². The van der Waals surface area contributed by atoms with Crippen molar-refractivity contribution in [3.8, 4) is 0 Å². The molecule has 1 heterocycles. The molecule has 15 heavy (non-hydrogen) atoms. The van der Waals surface area contributed by atoms with E-state index in [0.717, 1.165) is 5.57 Å². The van der Waals surface area contributed by atoms with Crippen molar-refractivity contribution in [2.45, 2.75) is 13.8 Å². The van der Waals surface area contributed by atoms with Gasteiger partial charge in [-0.25, -0.2) is 4.79 Å². The van der Waals surface area contributed by atoms with Crippen LogP contribution in [0.1, 0.15) is 13.8 Å². The molecule has 4 heteroatoms. The molecule has 0 fully saturated rings. The van der Waals surface area contributed by atoms with E-state index >= 15 is 0 Å². The average Bonchev–Trinajstić information content (AvgIpc) is 2.38. The second-order valence-corrected chi connectivity index (χ2v) is 3.35. The Morgan fingerprint density at radius 1 is 1.47 bits per heavy atom. The van der Waals surface area contributed by atoms with Crippen molar-refractivity contribution in [2.75, 3.05) is 14.2 Å². The summed E-state index contributed by atoms with van der Waals surface area (Å²) in [7, 11) is 2.88. The molecule has 1 unspecified atom stereocenters. The Morgan fingerprint density at radius 3 is 2.67 bits per heavy atom. The summed E-state index contributed by atoms with van der Waals surface area (Å²) in [5, 5.41) is 0. The number of allylic oxidation sites excluding steroid dienone is 1. The van der Waals surface area contributed by atoms with Crippen molar-refractivity contribution >= 4 is 12.2 Å². The zero-order chi connectivity index (χ0) is 11.4. The van der Waals surface area contributed by atoms with Gasteiger partial charge < -0.3 is 9.47 Å². The minimum absolute atomic E-state index is 0.0339. The van der Waals surface area contributed by atoms with Gasteiger partial charge >= 0.3 is 5.97 Å². The molecule has 0 bridgehead atoms. The molecule has 0 amide bonds. The third-order valence-electron chi connectivity index (χ3n) is 2.45. The lowest BCUT2D eigenvalue weighted by atomic mass is 9.99. The van der Waals surface area contributed by atoms with E-state index in [-0.39, 0.29) is 5.92 Å². The first kappa shape index (κ1) is 11.5. The van der Waals surface area contributed by atoms with Gasteiger partial charge in [-0.1, -0.05) is 6.92 Å². The predicted molar refractivity (Wildman–Crippen MR) is 57.5 cm³/mol. The Kier molecular flexibility index (Phi) is 3.66. The number of esters is 1. The van der Waals surface area contributed by atoms with Crippen LogP contribution in [0.25, 0.3) is 0 Å². The fourth-order valence-corrected chi connectivity index (χ4v) is 1.39. The Balaban J connectivity index is 3.19. The highest BCUT2D eigenvalue weighted by Gasteiger charge is 2.22. The van der Waals surface area contributed by atoms with E-state index in [1.165, 1.54) is 13.3 Å². The Labute approximate surface area is 89.3 Å². The Bertz CT molecular complexity index is 353. The number of nitrogens with zero attached hydrogens (tertiary/aromatic N) is 1. The van der Waals surface area contributed by atoms with Gasteiger partial charge in [-0.15, -0.1) is 0 Å². The molecule has 0 saturated heterocycles. The fourth-order valence-electron chi connectivity index (χ4n) is 1.39. The molecule has 0 aliphatic carbocycles. The number of ether oxygens (including phenoxy) is 2. The van der Waals surface area contributed by atoms with E-state index in [2.05, 4.69) is 9.73 Å². The molecule has 4 nitrogen and oxygen atoms in total. The van der Waals surface area contributed by atoms with Gasteiger partial charge in [0.05, 0.1) is 14.2 Å². The molecule has 0 aromatic rings. The van der Waals surface area contributed by atoms with Crippen molar-refractivity contribution in [3.63, 3.8) is 0 Å². The second-order valence-electron chi connectivity index (χ2n) is 3.35. The normalized spacial score (nSPS) is 20.8. The van der Waals surface area contributed by atoms with Crippen molar-refractivity contribution in [3.05, 3.63) is 23.1 Å². The maximum Gasteiger partial charge on any atom is 0.342 e. The van der Waals surface area contributed by atoms with Gasteiger partial charge in [0.2, 0.25) is 0 Å². The van der Waals surface area contributed by atoms with E-state index in [1.807, 2.05) is 13.8 Å². The maximum atomic E-state index is 11.5. The van der Waals surface area contributed by atoms with Crippen molar-refractivity contribution in [2.24, 2.45) is 10.9 Å². The minimum atomic E-state index is -0.425. The Hall–Kier alpha value is -1.58. The first-order valence-corrected chi connectivity index (χ1v) is 4.68. The predicted octanol–water partition coefficient (Wildman–Crippen LogP) is 1.68. The quantitative estimate of drug-likeness (QED) is 0.650. The zero-order valence-corrected chi connectivity index (χ0v) is 9.40. The average molecular weight is 209 g/mol. The highest BCUT2D eigenvalue weighted by atomic mass is 16.5. The summed E-state index contributed by atoms with van der Waals surface area (Å²) in [6, 6.07) is 0. The monoisotopic (exact) mass is 209 g/mol. The van der Waals surface area contributed by atoms with Crippen LogP contribution in [0.4, 0.5) is 0 Å². The maximum absolute atomic E-state index is 11.5. The van der Waals surface area contributed by atoms with Crippen LogP contribution in [0.3, 0.4) is 0 Å². The summed E-state index contributed by atoms with van der Waals surface area (Å²) in [5.41, 5.74) is 1.42. The number of rotatable bonds is 2. The molecule has 0 radical (unpaired) electrons. The van der Waals surface area contributed by atoms with Crippen LogP contribution in [0.15, 0.2) is 28.1 Å². The molecule has 0 aromatic carbocycles. The lowest BCUT2D eigenvalue weighted by molar-refractivity contribution is -0.135. The summed E-state index contributed by atoms with van der Waals surface area (Å²) < 4.78 is 9.91. The van der Waals surface area contributed by atoms with Gasteiger partial charge in [0.15, 0.2) is 0 Å². The second kappa shape index (κ2) is 4.77. The summed E-state index contributed by atoms with van der Waals surface area (Å²) in [5.74, 6) is 0.203. The zero-order valence-electron chi connectivity index (χ0n) is 9.40. The van der Waals surface area contributed by atoms with Crippen LogP contribution in [0.5, 0.6) is 0 Å². The van der Waals surface area contributed by atoms with E-state index in [4.69, 9.17) is 4.74 Å². The van der Waals surface area contributed by atoms with Gasteiger partial charge in [0.25, 0.3) is 0 Å². The van der Waals surface area contributed by atoms with Crippen LogP contribution < -0.4 is 0 Å². The summed E-state index contributed by atoms with van der Waals surface area (Å²) in [6.45, 7) is 3.91. The molecule has 0 N–H and O–H groups in total. The minimum Gasteiger partial charge on any atom is -0.500 e. The molecular formula is C11H15NO3. The largest absolute Gasteiger partial charge is 0.500 e. The third kappa shape index (κ3) is 2.26. The van der Waals surface area contributed by atoms with Gasteiger partial charge in [-0.05, 0) is 12.5 Å². The molecular weight excluding hydrogens is 194 g/mol. The van der Waals surface area contributed by atoms with Crippen molar-refractivity contribution in [1.29, 1.82) is 0 Å². The van der Waals surface area contributed by atoms with Gasteiger partial charge in [-0.2, -0.15) is 0 Å². The molecule has 1 aliphatic heterocycles. The molecule has 0 saturated carbocycles. The molecule has 0 aromatic heterocycles. The van der Waals surface area contributed by atoms with Crippen LogP contribution in [-0.2, 0) is 14.3 Å². The standard InChI is InChI=1S/C11H15NO3/c1-7-5-12-6-9(11(13)15-4)10(14-3)8(7)2/h5-6,8H,1-4H3. The number of aliphatic imine (C=N–C) groups is 1. The van der Waals surface area contributed by atoms with Crippen LogP contribution in [-0.4, -0.2) is 26.4 Å². The highest BCUT2D eigenvalue weighted by molar-refractivity contribution is 6.10. The number of methoxy groups -OCH3 is 2. The third-order valence-corrected chi connectivity index (χ3v) is 2.45. The Morgan fingerprint density at radius 2 is 2.13 bits per heavy atom. The lowest BCUT2D eigenvalue weighted by Crippen LogP contribution is -2.14. The smallest absolute Gasteiger partial charge is 0.342 e. The van der Waals surface area contributed by atoms with Gasteiger partial charge in [0, 0.05) is 18.3 Å². The van der Waals surface area contributed by atoms with Crippen LogP contribution in [0, 0.1) is 5.92 Å². The number of carbonyl (C=O) groups excluding carboxylic acids is 1. The topological polar surface area (TPSA) is 47.9 Å². The molecule has 0 spiro atoms. The number of hydrogen-bond acceptors (Lipinski definition) is 4. The van der Waals surface area contributed by atoms with E-state index < -0.39 is 5.97 Å². The summed E-state index contributed by atoms with van der Waals surface area (Å²) in [4.78, 5) is 15.5. The molecule has 1 atom stereocenters. The van der Waals surface area contributed by atoms with Gasteiger partial charge in [0.1, 0.15) is 11.3 Å². The first-order chi connectivity index (χ1) is 7.11. The fraction of sp³-hybridized carbons (Fsp3) is 0.455. The number of carbonyl (C=O) groups is 1. The number of hydrogen-bond donors (Lipinski definition) is 0. The van der Waals surface area contributed by atoms with Gasteiger partial charge in [-0.3, -0.25) is 4.99 Å². The summed E-state index contributed by atoms with van der Waals surface area (Å²) >= 11 is 0. The van der Waals surface area contributed by atoms with Crippen LogP contribution >= 0.6 is 0 Å². The van der Waals surface area contributed by atoms with Crippen LogP contribution in [0.2, 0.25) is 0 Å². The molecule has 82 valence electrons. The SMILES string of the molecule is COC(=O)C1=C(OC)C(C)C(C)=CN=C1. The van der Waals surface area contributed by atoms with Crippen molar-refractivity contribution in [1.82, 2.24) is 0 Å². The molecule has 1 aliphatic rings. The van der Waals surface area contributed by atoms with E-state index in [0.29, 0.717) is 11.3 Å².